The summed E-state index contributed by atoms with van der Waals surface area (Å²) in [4.78, 5) is 25.9. The standard InChI is InChI=1S/C15H26N2O3/c1-15(2,3)20-14(19)12-5-4-9-17(12)10-8-13(18)16-11-6-7-11/h11-12H,4-10H2,1-3H3,(H,16,18)/t12-/m0/s1. The number of carbonyl (C=O) groups excluding carboxylic acids is 2. The van der Waals surface area contributed by atoms with Crippen molar-refractivity contribution < 1.29 is 14.3 Å². The Morgan fingerprint density at radius 3 is 2.55 bits per heavy atom. The van der Waals surface area contributed by atoms with E-state index in [1.807, 2.05) is 20.8 Å². The first kappa shape index (κ1) is 15.3. The molecule has 0 spiro atoms. The molecule has 0 radical (unpaired) electrons. The fourth-order valence-electron chi connectivity index (χ4n) is 2.50. The lowest BCUT2D eigenvalue weighted by Crippen LogP contribution is -2.42. The number of carbonyl (C=O) groups is 2. The number of hydrogen-bond acceptors (Lipinski definition) is 4. The van der Waals surface area contributed by atoms with Crippen LogP contribution < -0.4 is 5.32 Å². The molecule has 2 rings (SSSR count). The number of nitrogens with zero attached hydrogens (tertiary/aromatic N) is 1. The van der Waals surface area contributed by atoms with E-state index in [9.17, 15) is 9.59 Å². The smallest absolute Gasteiger partial charge is 0.323 e. The molecule has 0 bridgehead atoms. The van der Waals surface area contributed by atoms with Crippen LogP contribution in [0.25, 0.3) is 0 Å². The minimum atomic E-state index is -0.450. The van der Waals surface area contributed by atoms with Crippen LogP contribution in [0.1, 0.15) is 52.9 Å². The van der Waals surface area contributed by atoms with Crippen LogP contribution in [0.15, 0.2) is 0 Å². The Kier molecular flexibility index (Phi) is 4.68. The zero-order valence-electron chi connectivity index (χ0n) is 12.8. The van der Waals surface area contributed by atoms with E-state index in [4.69, 9.17) is 4.74 Å². The molecule has 1 atom stereocenters. The Hall–Kier alpha value is -1.10. The number of likely N-dealkylation sites (tertiary alicyclic amines) is 1. The van der Waals surface area contributed by atoms with Gasteiger partial charge in [0.1, 0.15) is 11.6 Å². The third kappa shape index (κ3) is 4.78. The van der Waals surface area contributed by atoms with Gasteiger partial charge in [-0.05, 0) is 53.0 Å². The van der Waals surface area contributed by atoms with Crippen molar-refractivity contribution >= 4 is 11.9 Å². The van der Waals surface area contributed by atoms with Crippen molar-refractivity contribution in [2.24, 2.45) is 0 Å². The molecule has 2 fully saturated rings. The van der Waals surface area contributed by atoms with Crippen molar-refractivity contribution in [1.82, 2.24) is 10.2 Å². The van der Waals surface area contributed by atoms with Crippen molar-refractivity contribution in [2.45, 2.75) is 70.6 Å². The molecule has 0 unspecified atom stereocenters. The highest BCUT2D eigenvalue weighted by Gasteiger charge is 2.34. The molecule has 20 heavy (non-hydrogen) atoms. The van der Waals surface area contributed by atoms with E-state index in [2.05, 4.69) is 10.2 Å². The first-order valence-corrected chi connectivity index (χ1v) is 7.61. The van der Waals surface area contributed by atoms with Crippen LogP contribution in [0.2, 0.25) is 0 Å². The molecule has 1 saturated carbocycles. The van der Waals surface area contributed by atoms with Crippen LogP contribution in [0.4, 0.5) is 0 Å². The second-order valence-corrected chi connectivity index (χ2v) is 6.82. The molecule has 114 valence electrons. The van der Waals surface area contributed by atoms with Gasteiger partial charge in [-0.1, -0.05) is 0 Å². The second-order valence-electron chi connectivity index (χ2n) is 6.82. The third-order valence-corrected chi connectivity index (χ3v) is 3.61. The van der Waals surface area contributed by atoms with Gasteiger partial charge in [-0.2, -0.15) is 0 Å². The van der Waals surface area contributed by atoms with E-state index < -0.39 is 5.60 Å². The Morgan fingerprint density at radius 1 is 1.25 bits per heavy atom. The molecular weight excluding hydrogens is 256 g/mol. The van der Waals surface area contributed by atoms with Crippen LogP contribution in [-0.4, -0.2) is 47.6 Å². The van der Waals surface area contributed by atoms with Gasteiger partial charge in [0.25, 0.3) is 0 Å². The van der Waals surface area contributed by atoms with Crippen LogP contribution in [0.3, 0.4) is 0 Å². The third-order valence-electron chi connectivity index (χ3n) is 3.61. The van der Waals surface area contributed by atoms with Crippen LogP contribution in [0.5, 0.6) is 0 Å². The minimum absolute atomic E-state index is 0.0994. The van der Waals surface area contributed by atoms with Crippen LogP contribution >= 0.6 is 0 Å². The summed E-state index contributed by atoms with van der Waals surface area (Å²) >= 11 is 0. The van der Waals surface area contributed by atoms with Gasteiger partial charge < -0.3 is 10.1 Å². The number of amides is 1. The molecule has 0 aromatic rings. The molecule has 0 aromatic carbocycles. The van der Waals surface area contributed by atoms with E-state index in [0.29, 0.717) is 19.0 Å². The highest BCUT2D eigenvalue weighted by atomic mass is 16.6. The summed E-state index contributed by atoms with van der Waals surface area (Å²) in [7, 11) is 0. The Balaban J connectivity index is 1.77. The van der Waals surface area contributed by atoms with Crippen molar-refractivity contribution in [3.8, 4) is 0 Å². The largest absolute Gasteiger partial charge is 0.459 e. The number of ether oxygens (including phenoxy) is 1. The van der Waals surface area contributed by atoms with E-state index in [0.717, 1.165) is 32.2 Å². The maximum atomic E-state index is 12.1. The van der Waals surface area contributed by atoms with E-state index >= 15 is 0 Å². The summed E-state index contributed by atoms with van der Waals surface area (Å²) in [5, 5.41) is 2.98. The molecule has 1 saturated heterocycles. The molecular formula is C15H26N2O3. The number of rotatable bonds is 5. The van der Waals surface area contributed by atoms with Crippen molar-refractivity contribution in [3.05, 3.63) is 0 Å². The lowest BCUT2D eigenvalue weighted by Gasteiger charge is -2.27. The average molecular weight is 282 g/mol. The predicted molar refractivity (Wildman–Crippen MR) is 76.2 cm³/mol. The Labute approximate surface area is 121 Å². The summed E-state index contributed by atoms with van der Waals surface area (Å²) in [6, 6.07) is 0.227. The lowest BCUT2D eigenvalue weighted by molar-refractivity contribution is -0.160. The minimum Gasteiger partial charge on any atom is -0.459 e. The number of esters is 1. The van der Waals surface area contributed by atoms with Crippen LogP contribution in [-0.2, 0) is 14.3 Å². The summed E-state index contributed by atoms with van der Waals surface area (Å²) in [5.41, 5.74) is -0.450. The fourth-order valence-corrected chi connectivity index (χ4v) is 2.50. The number of nitrogens with one attached hydrogen (secondary N) is 1. The summed E-state index contributed by atoms with van der Waals surface area (Å²) in [5.74, 6) is -0.0556. The number of hydrogen-bond donors (Lipinski definition) is 1. The van der Waals surface area contributed by atoms with E-state index in [-0.39, 0.29) is 17.9 Å². The zero-order valence-corrected chi connectivity index (χ0v) is 12.8. The topological polar surface area (TPSA) is 58.6 Å². The highest BCUT2D eigenvalue weighted by molar-refractivity contribution is 5.78. The Morgan fingerprint density at radius 2 is 1.95 bits per heavy atom. The van der Waals surface area contributed by atoms with Gasteiger partial charge in [-0.3, -0.25) is 14.5 Å². The zero-order chi connectivity index (χ0) is 14.8. The van der Waals surface area contributed by atoms with Gasteiger partial charge in [-0.25, -0.2) is 0 Å². The monoisotopic (exact) mass is 282 g/mol. The van der Waals surface area contributed by atoms with Gasteiger partial charge in [-0.15, -0.1) is 0 Å². The van der Waals surface area contributed by atoms with Crippen molar-refractivity contribution in [3.63, 3.8) is 0 Å². The van der Waals surface area contributed by atoms with Crippen LogP contribution in [0, 0.1) is 0 Å². The lowest BCUT2D eigenvalue weighted by atomic mass is 10.1. The summed E-state index contributed by atoms with van der Waals surface area (Å²) < 4.78 is 5.45. The van der Waals surface area contributed by atoms with Gasteiger partial charge in [0.05, 0.1) is 0 Å². The molecule has 1 aliphatic carbocycles. The molecule has 1 N–H and O–H groups in total. The molecule has 1 amide bonds. The Bertz CT molecular complexity index is 372. The maximum absolute atomic E-state index is 12.1. The maximum Gasteiger partial charge on any atom is 0.323 e. The summed E-state index contributed by atoms with van der Waals surface area (Å²) in [6.07, 6.45) is 4.51. The van der Waals surface area contributed by atoms with Crippen molar-refractivity contribution in [2.75, 3.05) is 13.1 Å². The first-order chi connectivity index (χ1) is 9.35. The van der Waals surface area contributed by atoms with Gasteiger partial charge >= 0.3 is 5.97 Å². The normalized spacial score (nSPS) is 23.6. The molecule has 0 aromatic heterocycles. The average Bonchev–Trinajstić information content (AvgIpc) is 2.99. The predicted octanol–water partition coefficient (Wildman–Crippen LogP) is 1.46. The SMILES string of the molecule is CC(C)(C)OC(=O)[C@@H]1CCCN1CCC(=O)NC1CC1. The molecule has 5 nitrogen and oxygen atoms in total. The van der Waals surface area contributed by atoms with E-state index in [1.165, 1.54) is 0 Å². The molecule has 1 heterocycles. The van der Waals surface area contributed by atoms with E-state index in [1.54, 1.807) is 0 Å². The first-order valence-electron chi connectivity index (χ1n) is 7.61. The van der Waals surface area contributed by atoms with Gasteiger partial charge in [0.2, 0.25) is 5.91 Å². The van der Waals surface area contributed by atoms with Gasteiger partial charge in [0, 0.05) is 19.0 Å². The van der Waals surface area contributed by atoms with Crippen molar-refractivity contribution in [1.29, 1.82) is 0 Å². The molecule has 1 aliphatic heterocycles. The molecule has 2 aliphatic rings. The quantitative estimate of drug-likeness (QED) is 0.776. The molecule has 5 heteroatoms. The van der Waals surface area contributed by atoms with Gasteiger partial charge in [0.15, 0.2) is 0 Å². The highest BCUT2D eigenvalue weighted by Crippen LogP contribution is 2.22. The second kappa shape index (κ2) is 6.12. The fraction of sp³-hybridized carbons (Fsp3) is 0.867. The summed E-state index contributed by atoms with van der Waals surface area (Å²) in [6.45, 7) is 7.16.